The maximum atomic E-state index is 11.8. The molecule has 0 aromatic heterocycles. The van der Waals surface area contributed by atoms with Gasteiger partial charge in [-0.3, -0.25) is 14.9 Å². The molecule has 2 N–H and O–H groups in total. The van der Waals surface area contributed by atoms with Gasteiger partial charge >= 0.3 is 0 Å². The topological polar surface area (TPSA) is 93.5 Å². The lowest BCUT2D eigenvalue weighted by Gasteiger charge is -2.17. The average Bonchev–Trinajstić information content (AvgIpc) is 2.46. The Labute approximate surface area is 123 Å². The van der Waals surface area contributed by atoms with E-state index < -0.39 is 11.0 Å². The van der Waals surface area contributed by atoms with Crippen molar-refractivity contribution in [3.8, 4) is 5.75 Å². The molecule has 7 heteroatoms. The minimum Gasteiger partial charge on any atom is -0.481 e. The van der Waals surface area contributed by atoms with E-state index in [9.17, 15) is 14.9 Å². The lowest BCUT2D eigenvalue weighted by atomic mass is 10.1. The van der Waals surface area contributed by atoms with E-state index in [0.29, 0.717) is 24.4 Å². The number of amides is 1. The van der Waals surface area contributed by atoms with Gasteiger partial charge in [-0.1, -0.05) is 6.92 Å². The van der Waals surface area contributed by atoms with Gasteiger partial charge in [0.05, 0.1) is 4.92 Å². The summed E-state index contributed by atoms with van der Waals surface area (Å²) in [6, 6.07) is 4.34. The van der Waals surface area contributed by atoms with Crippen LogP contribution in [0.4, 0.5) is 5.69 Å². The molecule has 0 saturated heterocycles. The van der Waals surface area contributed by atoms with E-state index in [-0.39, 0.29) is 11.6 Å². The molecule has 7 nitrogen and oxygen atoms in total. The molecule has 0 bridgehead atoms. The van der Waals surface area contributed by atoms with E-state index >= 15 is 0 Å². The van der Waals surface area contributed by atoms with Gasteiger partial charge in [0.15, 0.2) is 6.10 Å². The van der Waals surface area contributed by atoms with Gasteiger partial charge in [0.2, 0.25) is 0 Å². The third kappa shape index (κ3) is 5.03. The van der Waals surface area contributed by atoms with E-state index in [1.165, 1.54) is 18.2 Å². The summed E-state index contributed by atoms with van der Waals surface area (Å²) in [4.78, 5) is 22.1. The summed E-state index contributed by atoms with van der Waals surface area (Å²) in [7, 11) is 1.74. The van der Waals surface area contributed by atoms with Gasteiger partial charge in [-0.15, -0.1) is 0 Å². The minimum atomic E-state index is -0.659. The Bertz CT molecular complexity index is 505. The van der Waals surface area contributed by atoms with Crippen molar-refractivity contribution in [2.24, 2.45) is 0 Å². The highest BCUT2D eigenvalue weighted by atomic mass is 16.6. The lowest BCUT2D eigenvalue weighted by molar-refractivity contribution is -0.384. The molecule has 0 saturated carbocycles. The van der Waals surface area contributed by atoms with Gasteiger partial charge < -0.3 is 15.4 Å². The van der Waals surface area contributed by atoms with Crippen molar-refractivity contribution in [3.63, 3.8) is 0 Å². The first-order valence-electron chi connectivity index (χ1n) is 6.85. The van der Waals surface area contributed by atoms with Crippen molar-refractivity contribution in [3.05, 3.63) is 33.9 Å². The molecule has 0 aliphatic carbocycles. The molecule has 0 radical (unpaired) electrons. The van der Waals surface area contributed by atoms with E-state index in [4.69, 9.17) is 4.74 Å². The van der Waals surface area contributed by atoms with Crippen molar-refractivity contribution < 1.29 is 14.5 Å². The van der Waals surface area contributed by atoms with Crippen LogP contribution < -0.4 is 15.4 Å². The quantitative estimate of drug-likeness (QED) is 0.561. The second kappa shape index (κ2) is 8.21. The Hall–Kier alpha value is -2.15. The summed E-state index contributed by atoms with van der Waals surface area (Å²) >= 11 is 0. The van der Waals surface area contributed by atoms with Crippen LogP contribution in [0.1, 0.15) is 25.8 Å². The third-order valence-corrected chi connectivity index (χ3v) is 2.84. The van der Waals surface area contributed by atoms with E-state index in [2.05, 4.69) is 10.6 Å². The van der Waals surface area contributed by atoms with Crippen LogP contribution in [-0.2, 0) is 11.3 Å². The lowest BCUT2D eigenvalue weighted by Crippen LogP contribution is -2.36. The number of nitro groups is 1. The number of nitro benzene ring substituents is 1. The van der Waals surface area contributed by atoms with Gasteiger partial charge in [-0.2, -0.15) is 0 Å². The second-order valence-electron chi connectivity index (χ2n) is 4.63. The largest absolute Gasteiger partial charge is 0.481 e. The molecule has 0 fully saturated rings. The van der Waals surface area contributed by atoms with Crippen LogP contribution in [0.5, 0.6) is 5.75 Å². The van der Waals surface area contributed by atoms with Crippen LogP contribution in [0.15, 0.2) is 18.2 Å². The normalized spacial score (nSPS) is 11.8. The molecule has 1 amide bonds. The maximum Gasteiger partial charge on any atom is 0.270 e. The van der Waals surface area contributed by atoms with Crippen molar-refractivity contribution in [1.82, 2.24) is 10.6 Å². The van der Waals surface area contributed by atoms with Gasteiger partial charge in [0.1, 0.15) is 5.75 Å². The Balaban J connectivity index is 2.86. The summed E-state index contributed by atoms with van der Waals surface area (Å²) in [6.45, 7) is 4.62. The Morgan fingerprint density at radius 2 is 2.19 bits per heavy atom. The standard InChI is InChI=1S/C14H21N3O4/c1-4-7-16-14(18)10(2)21-13-6-5-12(17(19)20)8-11(13)9-15-3/h5-6,8,10,15H,4,7,9H2,1-3H3,(H,16,18). The summed E-state index contributed by atoms with van der Waals surface area (Å²) in [5.74, 6) is 0.264. The Morgan fingerprint density at radius 3 is 2.76 bits per heavy atom. The molecule has 0 aliphatic rings. The number of nitrogens with zero attached hydrogens (tertiary/aromatic N) is 1. The molecule has 0 spiro atoms. The molecule has 1 aromatic rings. The van der Waals surface area contributed by atoms with E-state index in [1.807, 2.05) is 6.92 Å². The number of carbonyl (C=O) groups excluding carboxylic acids is 1. The number of nitrogens with one attached hydrogen (secondary N) is 2. The molecule has 0 heterocycles. The first-order chi connectivity index (χ1) is 9.99. The number of benzene rings is 1. The van der Waals surface area contributed by atoms with Gasteiger partial charge in [0, 0.05) is 30.8 Å². The fourth-order valence-corrected chi connectivity index (χ4v) is 1.76. The number of ether oxygens (including phenoxy) is 1. The highest BCUT2D eigenvalue weighted by Gasteiger charge is 2.17. The summed E-state index contributed by atoms with van der Waals surface area (Å²) in [5, 5.41) is 16.5. The fraction of sp³-hybridized carbons (Fsp3) is 0.500. The smallest absolute Gasteiger partial charge is 0.270 e. The molecule has 0 aliphatic heterocycles. The molecular formula is C14H21N3O4. The molecule has 1 unspecified atom stereocenters. The monoisotopic (exact) mass is 295 g/mol. The molecule has 1 atom stereocenters. The van der Waals surface area contributed by atoms with E-state index in [1.54, 1.807) is 14.0 Å². The van der Waals surface area contributed by atoms with Gasteiger partial charge in [-0.05, 0) is 26.5 Å². The number of hydrogen-bond donors (Lipinski definition) is 2. The zero-order valence-electron chi connectivity index (χ0n) is 12.5. The van der Waals surface area contributed by atoms with Crippen molar-refractivity contribution in [2.75, 3.05) is 13.6 Å². The molecule has 1 rings (SSSR count). The Morgan fingerprint density at radius 1 is 1.48 bits per heavy atom. The van der Waals surface area contributed by atoms with E-state index in [0.717, 1.165) is 6.42 Å². The number of hydrogen-bond acceptors (Lipinski definition) is 5. The Kier molecular flexibility index (Phi) is 6.61. The predicted octanol–water partition coefficient (Wildman–Crippen LogP) is 1.61. The predicted molar refractivity (Wildman–Crippen MR) is 79.3 cm³/mol. The molecular weight excluding hydrogens is 274 g/mol. The highest BCUT2D eigenvalue weighted by Crippen LogP contribution is 2.25. The average molecular weight is 295 g/mol. The van der Waals surface area contributed by atoms with Crippen LogP contribution in [0.25, 0.3) is 0 Å². The summed E-state index contributed by atoms with van der Waals surface area (Å²) in [5.41, 5.74) is 0.637. The highest BCUT2D eigenvalue weighted by molar-refractivity contribution is 5.80. The molecule has 116 valence electrons. The summed E-state index contributed by atoms with van der Waals surface area (Å²) < 4.78 is 5.62. The van der Waals surface area contributed by atoms with Gasteiger partial charge in [0.25, 0.3) is 11.6 Å². The van der Waals surface area contributed by atoms with Crippen molar-refractivity contribution in [1.29, 1.82) is 0 Å². The zero-order chi connectivity index (χ0) is 15.8. The second-order valence-corrected chi connectivity index (χ2v) is 4.63. The summed E-state index contributed by atoms with van der Waals surface area (Å²) in [6.07, 6.45) is 0.190. The number of rotatable bonds is 8. The van der Waals surface area contributed by atoms with Crippen LogP contribution >= 0.6 is 0 Å². The van der Waals surface area contributed by atoms with Crippen molar-refractivity contribution in [2.45, 2.75) is 32.9 Å². The fourth-order valence-electron chi connectivity index (χ4n) is 1.76. The molecule has 21 heavy (non-hydrogen) atoms. The van der Waals surface area contributed by atoms with Crippen molar-refractivity contribution >= 4 is 11.6 Å². The third-order valence-electron chi connectivity index (χ3n) is 2.84. The number of non-ortho nitro benzene ring substituents is 1. The minimum absolute atomic E-state index is 0.00399. The van der Waals surface area contributed by atoms with Crippen LogP contribution in [0.3, 0.4) is 0 Å². The number of carbonyl (C=O) groups is 1. The first-order valence-corrected chi connectivity index (χ1v) is 6.85. The van der Waals surface area contributed by atoms with Crippen LogP contribution in [0.2, 0.25) is 0 Å². The van der Waals surface area contributed by atoms with Crippen LogP contribution in [0, 0.1) is 10.1 Å². The first kappa shape index (κ1) is 16.9. The SMILES string of the molecule is CCCNC(=O)C(C)Oc1ccc([N+](=O)[O-])cc1CNC. The van der Waals surface area contributed by atoms with Crippen LogP contribution in [-0.4, -0.2) is 30.5 Å². The van der Waals surface area contributed by atoms with Gasteiger partial charge in [-0.25, -0.2) is 0 Å². The maximum absolute atomic E-state index is 11.8. The molecule has 1 aromatic carbocycles. The zero-order valence-corrected chi connectivity index (χ0v) is 12.5.